The van der Waals surface area contributed by atoms with E-state index < -0.39 is 10.1 Å². The van der Waals surface area contributed by atoms with Crippen molar-refractivity contribution < 1.29 is 22.1 Å². The van der Waals surface area contributed by atoms with Gasteiger partial charge in [0.25, 0.3) is 10.1 Å². The van der Waals surface area contributed by atoms with Crippen molar-refractivity contribution in [2.24, 2.45) is 10.8 Å². The van der Waals surface area contributed by atoms with E-state index in [0.717, 1.165) is 44.8 Å². The summed E-state index contributed by atoms with van der Waals surface area (Å²) in [4.78, 5) is 11.8. The summed E-state index contributed by atoms with van der Waals surface area (Å²) in [7, 11) is -1.95. The fourth-order valence-electron chi connectivity index (χ4n) is 3.23. The maximum Gasteiger partial charge on any atom is 0.311 e. The summed E-state index contributed by atoms with van der Waals surface area (Å²) in [6.07, 6.45) is 5.97. The van der Waals surface area contributed by atoms with E-state index in [4.69, 9.17) is 8.92 Å². The summed E-state index contributed by atoms with van der Waals surface area (Å²) in [5.74, 6) is -0.111. The van der Waals surface area contributed by atoms with Crippen molar-refractivity contribution in [2.75, 3.05) is 20.0 Å². The Morgan fingerprint density at radius 3 is 2.00 bits per heavy atom. The van der Waals surface area contributed by atoms with Gasteiger partial charge in [0.2, 0.25) is 0 Å². The maximum atomic E-state index is 11.8. The van der Waals surface area contributed by atoms with Crippen LogP contribution in [0.25, 0.3) is 0 Å². The van der Waals surface area contributed by atoms with E-state index in [0.29, 0.717) is 0 Å². The van der Waals surface area contributed by atoms with Gasteiger partial charge in [0.15, 0.2) is 0 Å². The zero-order valence-electron chi connectivity index (χ0n) is 10.9. The molecule has 0 unspecified atom stereocenters. The van der Waals surface area contributed by atoms with Crippen LogP contribution in [0.2, 0.25) is 0 Å². The van der Waals surface area contributed by atoms with Crippen LogP contribution in [0.3, 0.4) is 0 Å². The van der Waals surface area contributed by atoms with Gasteiger partial charge in [-0.1, -0.05) is 0 Å². The summed E-state index contributed by atoms with van der Waals surface area (Å²) >= 11 is 0. The van der Waals surface area contributed by atoms with Crippen LogP contribution in [-0.2, 0) is 23.8 Å². The second-order valence-corrected chi connectivity index (χ2v) is 7.38. The van der Waals surface area contributed by atoms with E-state index in [9.17, 15) is 13.2 Å². The average molecular weight is 276 g/mol. The average Bonchev–Trinajstić information content (AvgIpc) is 2.37. The third-order valence-electron chi connectivity index (χ3n) is 4.60. The van der Waals surface area contributed by atoms with Crippen LogP contribution in [0.4, 0.5) is 0 Å². The standard InChI is InChI=1S/C12H20O5S/c1-16-10(13)12-6-3-11(4-7-12,5-8-12)9-17-18(2,14)15/h3-9H2,1-2H3. The molecule has 0 heterocycles. The Balaban J connectivity index is 2.01. The minimum absolute atomic E-state index is 0.0567. The van der Waals surface area contributed by atoms with Gasteiger partial charge in [-0.05, 0) is 43.9 Å². The van der Waals surface area contributed by atoms with Gasteiger partial charge in [-0.25, -0.2) is 0 Å². The van der Waals surface area contributed by atoms with E-state index in [-0.39, 0.29) is 23.4 Å². The van der Waals surface area contributed by atoms with Gasteiger partial charge in [-0.3, -0.25) is 8.98 Å². The highest BCUT2D eigenvalue weighted by molar-refractivity contribution is 7.85. The molecule has 3 fully saturated rings. The molecule has 0 amide bonds. The summed E-state index contributed by atoms with van der Waals surface area (Å²) < 4.78 is 32.0. The number of carbonyl (C=O) groups is 1. The lowest BCUT2D eigenvalue weighted by Crippen LogP contribution is -2.48. The van der Waals surface area contributed by atoms with Gasteiger partial charge in [0, 0.05) is 0 Å². The second-order valence-electron chi connectivity index (χ2n) is 5.74. The van der Waals surface area contributed by atoms with Crippen LogP contribution in [0.15, 0.2) is 0 Å². The van der Waals surface area contributed by atoms with Gasteiger partial charge in [0.05, 0.1) is 25.4 Å². The molecule has 3 saturated carbocycles. The number of rotatable bonds is 4. The molecule has 0 radical (unpaired) electrons. The number of esters is 1. The topological polar surface area (TPSA) is 69.7 Å². The van der Waals surface area contributed by atoms with Crippen molar-refractivity contribution >= 4 is 16.1 Å². The van der Waals surface area contributed by atoms with Crippen molar-refractivity contribution in [1.82, 2.24) is 0 Å². The van der Waals surface area contributed by atoms with Gasteiger partial charge < -0.3 is 4.74 Å². The maximum absolute atomic E-state index is 11.8. The molecule has 0 atom stereocenters. The van der Waals surface area contributed by atoms with Crippen molar-refractivity contribution in [3.8, 4) is 0 Å². The number of methoxy groups -OCH3 is 1. The first-order valence-corrected chi connectivity index (χ1v) is 8.05. The number of fused-ring (bicyclic) bond motifs is 3. The molecule has 3 rings (SSSR count). The molecule has 104 valence electrons. The highest BCUT2D eigenvalue weighted by Crippen LogP contribution is 2.57. The fraction of sp³-hybridized carbons (Fsp3) is 0.917. The first-order valence-electron chi connectivity index (χ1n) is 6.24. The van der Waals surface area contributed by atoms with E-state index >= 15 is 0 Å². The molecule has 6 heteroatoms. The van der Waals surface area contributed by atoms with E-state index in [2.05, 4.69) is 0 Å². The minimum atomic E-state index is -3.38. The predicted octanol–water partition coefficient (Wildman–Crippen LogP) is 1.48. The second kappa shape index (κ2) is 4.49. The lowest BCUT2D eigenvalue weighted by Gasteiger charge is -2.51. The zero-order chi connectivity index (χ0) is 13.4. The van der Waals surface area contributed by atoms with Gasteiger partial charge >= 0.3 is 5.97 Å². The lowest BCUT2D eigenvalue weighted by molar-refractivity contribution is -0.163. The smallest absolute Gasteiger partial charge is 0.311 e. The first kappa shape index (κ1) is 13.8. The van der Waals surface area contributed by atoms with Crippen molar-refractivity contribution in [2.45, 2.75) is 38.5 Å². The van der Waals surface area contributed by atoms with Gasteiger partial charge in [0.1, 0.15) is 0 Å². The van der Waals surface area contributed by atoms with Crippen molar-refractivity contribution in [3.63, 3.8) is 0 Å². The van der Waals surface area contributed by atoms with Crippen molar-refractivity contribution in [1.29, 1.82) is 0 Å². The fourth-order valence-corrected chi connectivity index (χ4v) is 3.70. The summed E-state index contributed by atoms with van der Waals surface area (Å²) in [5.41, 5.74) is -0.375. The molecular weight excluding hydrogens is 256 g/mol. The third-order valence-corrected chi connectivity index (χ3v) is 5.15. The Bertz CT molecular complexity index is 415. The Labute approximate surface area is 108 Å². The Hall–Kier alpha value is -0.620. The van der Waals surface area contributed by atoms with E-state index in [1.165, 1.54) is 7.11 Å². The molecule has 3 aliphatic carbocycles. The molecular formula is C12H20O5S. The highest BCUT2D eigenvalue weighted by Gasteiger charge is 2.53. The minimum Gasteiger partial charge on any atom is -0.469 e. The quantitative estimate of drug-likeness (QED) is 0.574. The molecule has 5 nitrogen and oxygen atoms in total. The Kier molecular flexibility index (Phi) is 3.44. The highest BCUT2D eigenvalue weighted by atomic mass is 32.2. The van der Waals surface area contributed by atoms with Crippen LogP contribution in [0.5, 0.6) is 0 Å². The normalized spacial score (nSPS) is 35.4. The molecule has 0 aliphatic heterocycles. The van der Waals surface area contributed by atoms with Gasteiger partial charge in [-0.15, -0.1) is 0 Å². The molecule has 18 heavy (non-hydrogen) atoms. The Morgan fingerprint density at radius 2 is 1.61 bits per heavy atom. The van der Waals surface area contributed by atoms with Crippen molar-refractivity contribution in [3.05, 3.63) is 0 Å². The predicted molar refractivity (Wildman–Crippen MR) is 65.4 cm³/mol. The SMILES string of the molecule is COC(=O)C12CCC(COS(C)(=O)=O)(CC1)CC2. The summed E-state index contributed by atoms with van der Waals surface area (Å²) in [6, 6.07) is 0. The largest absolute Gasteiger partial charge is 0.469 e. The van der Waals surface area contributed by atoms with E-state index in [1.807, 2.05) is 0 Å². The molecule has 3 aliphatic rings. The van der Waals surface area contributed by atoms with Crippen LogP contribution in [0.1, 0.15) is 38.5 Å². The molecule has 0 N–H and O–H groups in total. The number of hydrogen-bond acceptors (Lipinski definition) is 5. The summed E-state index contributed by atoms with van der Waals surface area (Å²) in [5, 5.41) is 0. The lowest BCUT2D eigenvalue weighted by atomic mass is 9.54. The van der Waals surface area contributed by atoms with E-state index in [1.54, 1.807) is 0 Å². The Morgan fingerprint density at radius 1 is 1.11 bits per heavy atom. The van der Waals surface area contributed by atoms with Gasteiger partial charge in [-0.2, -0.15) is 8.42 Å². The molecule has 0 saturated heterocycles. The molecule has 0 aromatic heterocycles. The van der Waals surface area contributed by atoms with Crippen LogP contribution >= 0.6 is 0 Å². The number of carbonyl (C=O) groups excluding carboxylic acids is 1. The number of ether oxygens (including phenoxy) is 1. The molecule has 0 aromatic rings. The van der Waals surface area contributed by atoms with Crippen LogP contribution in [-0.4, -0.2) is 34.4 Å². The monoisotopic (exact) mass is 276 g/mol. The molecule has 0 spiro atoms. The molecule has 2 bridgehead atoms. The van der Waals surface area contributed by atoms with Crippen LogP contribution < -0.4 is 0 Å². The molecule has 0 aromatic carbocycles. The first-order chi connectivity index (χ1) is 8.31. The number of hydrogen-bond donors (Lipinski definition) is 0. The summed E-state index contributed by atoms with van der Waals surface area (Å²) in [6.45, 7) is 0.253. The third kappa shape index (κ3) is 2.54. The zero-order valence-corrected chi connectivity index (χ0v) is 11.7. The van der Waals surface area contributed by atoms with Crippen LogP contribution in [0, 0.1) is 10.8 Å².